The van der Waals surface area contributed by atoms with Gasteiger partial charge in [0.2, 0.25) is 27.7 Å². The first-order valence-corrected chi connectivity index (χ1v) is 13.1. The Hall–Kier alpha value is -3.84. The molecule has 11 nitrogen and oxygen atoms in total. The Bertz CT molecular complexity index is 1420. The molecule has 5 rings (SSSR count). The van der Waals surface area contributed by atoms with E-state index in [4.69, 9.17) is 5.73 Å². The monoisotopic (exact) mass is 529 g/mol. The predicted octanol–water partition coefficient (Wildman–Crippen LogP) is 0.197. The first kappa shape index (κ1) is 24.8. The molecule has 13 heteroatoms. The van der Waals surface area contributed by atoms with Crippen LogP contribution in [-0.4, -0.2) is 73.5 Å². The van der Waals surface area contributed by atoms with Gasteiger partial charge in [0.05, 0.1) is 4.90 Å². The van der Waals surface area contributed by atoms with E-state index in [2.05, 4.69) is 5.32 Å². The van der Waals surface area contributed by atoms with Crippen LogP contribution in [0, 0.1) is 5.82 Å². The van der Waals surface area contributed by atoms with Gasteiger partial charge >= 0.3 is 0 Å². The van der Waals surface area contributed by atoms with Gasteiger partial charge in [-0.25, -0.2) is 12.8 Å². The second kappa shape index (κ2) is 9.23. The number of nitrogens with two attached hydrogens (primary N) is 1. The third-order valence-corrected chi connectivity index (χ3v) is 8.87. The summed E-state index contributed by atoms with van der Waals surface area (Å²) in [5.74, 6) is -2.70. The van der Waals surface area contributed by atoms with Gasteiger partial charge in [0, 0.05) is 61.5 Å². The van der Waals surface area contributed by atoms with Gasteiger partial charge in [0.15, 0.2) is 0 Å². The number of carbonyl (C=O) groups is 4. The van der Waals surface area contributed by atoms with Crippen molar-refractivity contribution in [2.75, 3.05) is 31.1 Å². The summed E-state index contributed by atoms with van der Waals surface area (Å²) in [6.45, 7) is 0.828. The number of anilines is 1. The number of rotatable bonds is 5. The molecule has 0 saturated carbocycles. The number of hydrogen-bond donors (Lipinski definition) is 2. The number of amides is 4. The van der Waals surface area contributed by atoms with E-state index in [9.17, 15) is 32.0 Å². The number of halogens is 1. The molecule has 194 valence electrons. The lowest BCUT2D eigenvalue weighted by molar-refractivity contribution is -0.136. The highest BCUT2D eigenvalue weighted by Gasteiger charge is 2.41. The first-order valence-electron chi connectivity index (χ1n) is 11.7. The molecule has 4 amide bonds. The SMILES string of the molecule is NC(=O)c1ccc(S(=O)(=O)N2CCN(c3cc(F)cc4c3CN(C3CCC(=O)NC3=O)C4=O)CC2)cc1. The van der Waals surface area contributed by atoms with Gasteiger partial charge in [0.25, 0.3) is 5.91 Å². The van der Waals surface area contributed by atoms with Crippen LogP contribution >= 0.6 is 0 Å². The molecule has 0 radical (unpaired) electrons. The van der Waals surface area contributed by atoms with Crippen molar-refractivity contribution in [1.82, 2.24) is 14.5 Å². The molecule has 1 atom stereocenters. The standard InChI is InChI=1S/C24H24FN5O6S/c25-15-11-17-18(13-30(24(17)34)19-5-6-21(31)27-23(19)33)20(12-15)28-7-9-29(10-8-28)37(35,36)16-3-1-14(2-4-16)22(26)32/h1-4,11-12,19H,5-10,13H2,(H2,26,32)(H,27,31,33). The highest BCUT2D eigenvalue weighted by molar-refractivity contribution is 7.89. The minimum absolute atomic E-state index is 0.0306. The first-order chi connectivity index (χ1) is 17.6. The zero-order valence-corrected chi connectivity index (χ0v) is 20.5. The average Bonchev–Trinajstić information content (AvgIpc) is 3.19. The minimum Gasteiger partial charge on any atom is -0.369 e. The zero-order valence-electron chi connectivity index (χ0n) is 19.6. The molecule has 3 heterocycles. The molecule has 2 aromatic rings. The number of piperidine rings is 1. The Morgan fingerprint density at radius 2 is 1.70 bits per heavy atom. The highest BCUT2D eigenvalue weighted by atomic mass is 32.2. The topological polar surface area (TPSA) is 150 Å². The summed E-state index contributed by atoms with van der Waals surface area (Å²) in [6, 6.07) is 7.00. The number of nitrogens with zero attached hydrogens (tertiary/aromatic N) is 3. The number of sulfonamides is 1. The summed E-state index contributed by atoms with van der Waals surface area (Å²) in [6.07, 6.45) is 0.304. The third kappa shape index (κ3) is 4.44. The van der Waals surface area contributed by atoms with E-state index >= 15 is 0 Å². The van der Waals surface area contributed by atoms with Gasteiger partial charge in [-0.15, -0.1) is 0 Å². The van der Waals surface area contributed by atoms with E-state index < -0.39 is 45.5 Å². The van der Waals surface area contributed by atoms with Crippen LogP contribution in [0.1, 0.15) is 39.1 Å². The van der Waals surface area contributed by atoms with Crippen molar-refractivity contribution < 1.29 is 32.0 Å². The van der Waals surface area contributed by atoms with Crippen molar-refractivity contribution >= 4 is 39.3 Å². The van der Waals surface area contributed by atoms with Gasteiger partial charge in [-0.1, -0.05) is 0 Å². The van der Waals surface area contributed by atoms with Gasteiger partial charge in [-0.3, -0.25) is 24.5 Å². The van der Waals surface area contributed by atoms with E-state index in [1.165, 1.54) is 39.5 Å². The van der Waals surface area contributed by atoms with Crippen molar-refractivity contribution in [2.45, 2.75) is 30.3 Å². The van der Waals surface area contributed by atoms with Crippen LogP contribution in [0.25, 0.3) is 0 Å². The van der Waals surface area contributed by atoms with Crippen LogP contribution in [0.2, 0.25) is 0 Å². The second-order valence-corrected chi connectivity index (χ2v) is 11.1. The molecule has 2 saturated heterocycles. The number of primary amides is 1. The Kier molecular flexibility index (Phi) is 6.20. The molecule has 0 bridgehead atoms. The lowest BCUT2D eigenvalue weighted by Crippen LogP contribution is -2.52. The van der Waals surface area contributed by atoms with Crippen molar-refractivity contribution in [3.8, 4) is 0 Å². The molecule has 3 N–H and O–H groups in total. The smallest absolute Gasteiger partial charge is 0.255 e. The predicted molar refractivity (Wildman–Crippen MR) is 128 cm³/mol. The summed E-state index contributed by atoms with van der Waals surface area (Å²) in [5, 5.41) is 2.24. The molecular formula is C24H24FN5O6S. The number of carbonyl (C=O) groups excluding carboxylic acids is 4. The molecule has 3 aliphatic heterocycles. The molecule has 1 unspecified atom stereocenters. The summed E-state index contributed by atoms with van der Waals surface area (Å²) in [7, 11) is -3.83. The number of piperazine rings is 1. The van der Waals surface area contributed by atoms with E-state index in [0.717, 1.165) is 6.07 Å². The fraction of sp³-hybridized carbons (Fsp3) is 0.333. The van der Waals surface area contributed by atoms with Crippen molar-refractivity contribution in [3.05, 3.63) is 58.9 Å². The van der Waals surface area contributed by atoms with Crippen molar-refractivity contribution in [3.63, 3.8) is 0 Å². The summed E-state index contributed by atoms with van der Waals surface area (Å²) < 4.78 is 42.0. The van der Waals surface area contributed by atoms with Gasteiger partial charge in [0.1, 0.15) is 11.9 Å². The number of imide groups is 1. The van der Waals surface area contributed by atoms with Crippen LogP contribution in [0.15, 0.2) is 41.3 Å². The fourth-order valence-corrected chi connectivity index (χ4v) is 6.42. The third-order valence-electron chi connectivity index (χ3n) is 6.95. The van der Waals surface area contributed by atoms with E-state index in [0.29, 0.717) is 11.3 Å². The fourth-order valence-electron chi connectivity index (χ4n) is 5.00. The number of nitrogens with one attached hydrogen (secondary N) is 1. The van der Waals surface area contributed by atoms with Gasteiger partial charge in [-0.2, -0.15) is 4.31 Å². The van der Waals surface area contributed by atoms with Crippen LogP contribution in [0.4, 0.5) is 10.1 Å². The maximum absolute atomic E-state index is 14.6. The number of hydrogen-bond acceptors (Lipinski definition) is 7. The lowest BCUT2D eigenvalue weighted by Gasteiger charge is -2.36. The quantitative estimate of drug-likeness (QED) is 0.525. The maximum Gasteiger partial charge on any atom is 0.255 e. The van der Waals surface area contributed by atoms with Crippen LogP contribution in [-0.2, 0) is 26.2 Å². The summed E-state index contributed by atoms with van der Waals surface area (Å²) >= 11 is 0. The van der Waals surface area contributed by atoms with Crippen molar-refractivity contribution in [2.24, 2.45) is 5.73 Å². The Morgan fingerprint density at radius 1 is 1.03 bits per heavy atom. The normalized spacial score (nSPS) is 20.7. The molecule has 0 aromatic heterocycles. The Labute approximate surface area is 212 Å². The average molecular weight is 530 g/mol. The van der Waals surface area contributed by atoms with Crippen molar-refractivity contribution in [1.29, 1.82) is 0 Å². The summed E-state index contributed by atoms with van der Waals surface area (Å²) in [4.78, 5) is 51.4. The van der Waals surface area contributed by atoms with Crippen LogP contribution < -0.4 is 16.0 Å². The Balaban J connectivity index is 1.34. The van der Waals surface area contributed by atoms with Crippen LogP contribution in [0.3, 0.4) is 0 Å². The van der Waals surface area contributed by atoms with Crippen LogP contribution in [0.5, 0.6) is 0 Å². The largest absolute Gasteiger partial charge is 0.369 e. The molecule has 3 aliphatic rings. The van der Waals surface area contributed by atoms with E-state index in [-0.39, 0.29) is 61.6 Å². The molecule has 0 aliphatic carbocycles. The van der Waals surface area contributed by atoms with Gasteiger partial charge in [-0.05, 0) is 42.8 Å². The molecular weight excluding hydrogens is 505 g/mol. The van der Waals surface area contributed by atoms with E-state index in [1.54, 1.807) is 0 Å². The maximum atomic E-state index is 14.6. The van der Waals surface area contributed by atoms with Gasteiger partial charge < -0.3 is 15.5 Å². The Morgan fingerprint density at radius 3 is 2.32 bits per heavy atom. The molecule has 2 fully saturated rings. The highest BCUT2D eigenvalue weighted by Crippen LogP contribution is 2.36. The molecule has 2 aromatic carbocycles. The number of fused-ring (bicyclic) bond motifs is 1. The second-order valence-electron chi connectivity index (χ2n) is 9.13. The molecule has 0 spiro atoms. The van der Waals surface area contributed by atoms with E-state index in [1.807, 2.05) is 4.90 Å². The zero-order chi connectivity index (χ0) is 26.5. The summed E-state index contributed by atoms with van der Waals surface area (Å²) in [5.41, 5.74) is 6.61. The number of benzene rings is 2. The lowest BCUT2D eigenvalue weighted by atomic mass is 10.0. The minimum atomic E-state index is -3.83. The molecule has 37 heavy (non-hydrogen) atoms.